The summed E-state index contributed by atoms with van der Waals surface area (Å²) >= 11 is 5.98. The van der Waals surface area contributed by atoms with Crippen molar-refractivity contribution in [2.45, 2.75) is 19.5 Å². The number of anilines is 1. The van der Waals surface area contributed by atoms with Gasteiger partial charge in [-0.15, -0.1) is 0 Å². The maximum Gasteiger partial charge on any atom is 0.238 e. The van der Waals surface area contributed by atoms with Crippen LogP contribution in [0.1, 0.15) is 12.5 Å². The summed E-state index contributed by atoms with van der Waals surface area (Å²) in [5.74, 6) is 0.825. The number of nitrogens with one attached hydrogen (secondary N) is 2. The number of carbonyl (C=O) groups excluding carboxylic acids is 2. The SMILES string of the molecule is COc1ccc(CNC(=O)[C@@H](C)N(C)CC(=O)Nc2cc(Cl)ccc2OC)cc1. The molecular weight excluding hydrogens is 394 g/mol. The van der Waals surface area contributed by atoms with Crippen LogP contribution in [0.25, 0.3) is 0 Å². The summed E-state index contributed by atoms with van der Waals surface area (Å²) in [5, 5.41) is 6.12. The fourth-order valence-electron chi connectivity index (χ4n) is 2.61. The van der Waals surface area contributed by atoms with E-state index in [0.29, 0.717) is 23.0 Å². The average Bonchev–Trinajstić information content (AvgIpc) is 2.71. The third-order valence-corrected chi connectivity index (χ3v) is 4.73. The fraction of sp³-hybridized carbons (Fsp3) is 0.333. The number of ether oxygens (including phenoxy) is 2. The highest BCUT2D eigenvalue weighted by Gasteiger charge is 2.20. The van der Waals surface area contributed by atoms with E-state index in [9.17, 15) is 9.59 Å². The van der Waals surface area contributed by atoms with Gasteiger partial charge in [0.25, 0.3) is 0 Å². The van der Waals surface area contributed by atoms with Crippen LogP contribution >= 0.6 is 11.6 Å². The lowest BCUT2D eigenvalue weighted by atomic mass is 10.2. The first-order valence-electron chi connectivity index (χ1n) is 9.08. The third kappa shape index (κ3) is 6.66. The second kappa shape index (κ2) is 10.7. The van der Waals surface area contributed by atoms with Crippen LogP contribution in [-0.4, -0.2) is 50.6 Å². The molecule has 0 aliphatic carbocycles. The molecule has 1 atom stereocenters. The standard InChI is InChI=1S/C21H26ClN3O4/c1-14(21(27)23-12-15-5-8-17(28-3)9-6-15)25(2)13-20(26)24-18-11-16(22)7-10-19(18)29-4/h5-11,14H,12-13H2,1-4H3,(H,23,27)(H,24,26)/t14-/m1/s1. The number of hydrogen-bond acceptors (Lipinski definition) is 5. The van der Waals surface area contributed by atoms with Crippen molar-refractivity contribution in [2.24, 2.45) is 0 Å². The summed E-state index contributed by atoms with van der Waals surface area (Å²) in [4.78, 5) is 26.5. The van der Waals surface area contributed by atoms with Crippen molar-refractivity contribution < 1.29 is 19.1 Å². The van der Waals surface area contributed by atoms with Crippen molar-refractivity contribution in [3.8, 4) is 11.5 Å². The van der Waals surface area contributed by atoms with E-state index in [2.05, 4.69) is 10.6 Å². The minimum Gasteiger partial charge on any atom is -0.497 e. The molecule has 0 heterocycles. The van der Waals surface area contributed by atoms with Crippen LogP contribution in [0, 0.1) is 0 Å². The Balaban J connectivity index is 1.86. The molecule has 2 aromatic rings. The number of methoxy groups -OCH3 is 2. The molecule has 8 heteroatoms. The minimum absolute atomic E-state index is 0.0345. The van der Waals surface area contributed by atoms with Crippen LogP contribution in [-0.2, 0) is 16.1 Å². The van der Waals surface area contributed by atoms with E-state index in [1.807, 2.05) is 24.3 Å². The summed E-state index contributed by atoms with van der Waals surface area (Å²) in [6, 6.07) is 11.9. The molecule has 0 bridgehead atoms. The molecule has 0 aliphatic rings. The first-order valence-corrected chi connectivity index (χ1v) is 9.46. The zero-order chi connectivity index (χ0) is 21.4. The predicted molar refractivity (Wildman–Crippen MR) is 114 cm³/mol. The molecule has 2 rings (SSSR count). The zero-order valence-electron chi connectivity index (χ0n) is 17.0. The van der Waals surface area contributed by atoms with Gasteiger partial charge >= 0.3 is 0 Å². The van der Waals surface area contributed by atoms with Gasteiger partial charge in [-0.1, -0.05) is 23.7 Å². The number of hydrogen-bond donors (Lipinski definition) is 2. The van der Waals surface area contributed by atoms with Crippen molar-refractivity contribution in [2.75, 3.05) is 33.1 Å². The molecule has 0 saturated carbocycles. The highest BCUT2D eigenvalue weighted by molar-refractivity contribution is 6.31. The number of nitrogens with zero attached hydrogens (tertiary/aromatic N) is 1. The normalized spacial score (nSPS) is 11.7. The second-order valence-electron chi connectivity index (χ2n) is 6.55. The number of benzene rings is 2. The van der Waals surface area contributed by atoms with Gasteiger partial charge in [0.1, 0.15) is 11.5 Å². The summed E-state index contributed by atoms with van der Waals surface area (Å²) in [6.45, 7) is 2.18. The molecule has 0 unspecified atom stereocenters. The van der Waals surface area contributed by atoms with Crippen LogP contribution in [0.4, 0.5) is 5.69 Å². The Labute approximate surface area is 175 Å². The lowest BCUT2D eigenvalue weighted by Gasteiger charge is -2.23. The quantitative estimate of drug-likeness (QED) is 0.653. The zero-order valence-corrected chi connectivity index (χ0v) is 17.7. The van der Waals surface area contributed by atoms with Gasteiger partial charge in [0, 0.05) is 11.6 Å². The van der Waals surface area contributed by atoms with Crippen LogP contribution in [0.15, 0.2) is 42.5 Å². The molecule has 0 aromatic heterocycles. The van der Waals surface area contributed by atoms with Crippen LogP contribution in [0.2, 0.25) is 5.02 Å². The minimum atomic E-state index is -0.486. The molecule has 156 valence electrons. The maximum atomic E-state index is 12.4. The first kappa shape index (κ1) is 22.5. The number of halogens is 1. The summed E-state index contributed by atoms with van der Waals surface area (Å²) < 4.78 is 10.3. The van der Waals surface area contributed by atoms with Crippen LogP contribution in [0.3, 0.4) is 0 Å². The Morgan fingerprint density at radius 3 is 2.41 bits per heavy atom. The molecule has 2 amide bonds. The number of amides is 2. The summed E-state index contributed by atoms with van der Waals surface area (Å²) in [6.07, 6.45) is 0. The first-order chi connectivity index (χ1) is 13.8. The molecule has 7 nitrogen and oxygen atoms in total. The lowest BCUT2D eigenvalue weighted by molar-refractivity contribution is -0.126. The summed E-state index contributed by atoms with van der Waals surface area (Å²) in [5.41, 5.74) is 1.44. The second-order valence-corrected chi connectivity index (χ2v) is 6.99. The Kier molecular flexibility index (Phi) is 8.30. The molecular formula is C21H26ClN3O4. The Hall–Kier alpha value is -2.77. The molecule has 0 spiro atoms. The molecule has 2 N–H and O–H groups in total. The van der Waals surface area contributed by atoms with E-state index in [1.165, 1.54) is 7.11 Å². The van der Waals surface area contributed by atoms with Gasteiger partial charge in [-0.2, -0.15) is 0 Å². The van der Waals surface area contributed by atoms with E-state index in [1.54, 1.807) is 44.2 Å². The Bertz CT molecular complexity index is 842. The van der Waals surface area contributed by atoms with Crippen molar-refractivity contribution >= 4 is 29.1 Å². The molecule has 2 aromatic carbocycles. The van der Waals surface area contributed by atoms with E-state index >= 15 is 0 Å². The third-order valence-electron chi connectivity index (χ3n) is 4.50. The topological polar surface area (TPSA) is 79.9 Å². The predicted octanol–water partition coefficient (Wildman–Crippen LogP) is 2.93. The van der Waals surface area contributed by atoms with Gasteiger partial charge in [0.05, 0.1) is 32.5 Å². The monoisotopic (exact) mass is 419 g/mol. The molecule has 0 aliphatic heterocycles. The average molecular weight is 420 g/mol. The number of rotatable bonds is 9. The van der Waals surface area contributed by atoms with Crippen LogP contribution in [0.5, 0.6) is 11.5 Å². The van der Waals surface area contributed by atoms with Crippen LogP contribution < -0.4 is 20.1 Å². The highest BCUT2D eigenvalue weighted by atomic mass is 35.5. The van der Waals surface area contributed by atoms with Gasteiger partial charge in [-0.05, 0) is 49.9 Å². The Morgan fingerprint density at radius 1 is 1.10 bits per heavy atom. The van der Waals surface area contributed by atoms with Crippen molar-refractivity contribution in [3.05, 3.63) is 53.1 Å². The smallest absolute Gasteiger partial charge is 0.238 e. The van der Waals surface area contributed by atoms with Crippen molar-refractivity contribution in [3.63, 3.8) is 0 Å². The molecule has 0 radical (unpaired) electrons. The fourth-order valence-corrected chi connectivity index (χ4v) is 2.78. The van der Waals surface area contributed by atoms with Gasteiger partial charge in [0.15, 0.2) is 0 Å². The summed E-state index contributed by atoms with van der Waals surface area (Å²) in [7, 11) is 4.83. The van der Waals surface area contributed by atoms with Gasteiger partial charge in [-0.3, -0.25) is 14.5 Å². The molecule has 0 saturated heterocycles. The van der Waals surface area contributed by atoms with E-state index in [4.69, 9.17) is 21.1 Å². The molecule has 29 heavy (non-hydrogen) atoms. The largest absolute Gasteiger partial charge is 0.497 e. The maximum absolute atomic E-state index is 12.4. The van der Waals surface area contributed by atoms with Gasteiger partial charge < -0.3 is 20.1 Å². The van der Waals surface area contributed by atoms with Crippen molar-refractivity contribution in [1.82, 2.24) is 10.2 Å². The number of likely N-dealkylation sites (N-methyl/N-ethyl adjacent to an activating group) is 1. The van der Waals surface area contributed by atoms with Gasteiger partial charge in [-0.25, -0.2) is 0 Å². The Morgan fingerprint density at radius 2 is 1.79 bits per heavy atom. The number of carbonyl (C=O) groups is 2. The highest BCUT2D eigenvalue weighted by Crippen LogP contribution is 2.27. The van der Waals surface area contributed by atoms with Crippen molar-refractivity contribution in [1.29, 1.82) is 0 Å². The lowest BCUT2D eigenvalue weighted by Crippen LogP contribution is -2.45. The molecule has 0 fully saturated rings. The van der Waals surface area contributed by atoms with E-state index in [0.717, 1.165) is 11.3 Å². The van der Waals surface area contributed by atoms with Gasteiger partial charge in [0.2, 0.25) is 11.8 Å². The van der Waals surface area contributed by atoms with E-state index < -0.39 is 6.04 Å². The van der Waals surface area contributed by atoms with E-state index in [-0.39, 0.29) is 18.4 Å².